The number of hydrogen-bond acceptors (Lipinski definition) is 2. The van der Waals surface area contributed by atoms with Crippen LogP contribution in [0.25, 0.3) is 10.8 Å². The Bertz CT molecular complexity index is 565. The average molecular weight is 242 g/mol. The highest BCUT2D eigenvalue weighted by molar-refractivity contribution is 6.01. The summed E-state index contributed by atoms with van der Waals surface area (Å²) in [5.41, 5.74) is 0.847. The van der Waals surface area contributed by atoms with Gasteiger partial charge in [-0.05, 0) is 17.5 Å². The molecule has 1 amide bonds. The summed E-state index contributed by atoms with van der Waals surface area (Å²) >= 11 is 0. The van der Waals surface area contributed by atoms with Gasteiger partial charge in [0.15, 0.2) is 0 Å². The van der Waals surface area contributed by atoms with Gasteiger partial charge in [0.2, 0.25) is 5.91 Å². The first kappa shape index (κ1) is 12.6. The molecule has 0 fully saturated rings. The van der Waals surface area contributed by atoms with Gasteiger partial charge in [0.1, 0.15) is 0 Å². The van der Waals surface area contributed by atoms with Crippen LogP contribution >= 0.6 is 0 Å². The van der Waals surface area contributed by atoms with Gasteiger partial charge in [-0.3, -0.25) is 9.78 Å². The van der Waals surface area contributed by atoms with E-state index in [1.54, 1.807) is 12.4 Å². The highest BCUT2D eigenvalue weighted by Crippen LogP contribution is 2.24. The van der Waals surface area contributed by atoms with E-state index in [9.17, 15) is 4.79 Å². The first-order valence-corrected chi connectivity index (χ1v) is 6.08. The second-order valence-corrected chi connectivity index (χ2v) is 5.69. The lowest BCUT2D eigenvalue weighted by Gasteiger charge is -2.17. The molecule has 0 unspecified atom stereocenters. The smallest absolute Gasteiger partial charge is 0.224 e. The van der Waals surface area contributed by atoms with Crippen LogP contribution in [0.15, 0.2) is 36.7 Å². The molecule has 0 saturated carbocycles. The van der Waals surface area contributed by atoms with Crippen molar-refractivity contribution in [2.24, 2.45) is 5.41 Å². The number of hydrogen-bond donors (Lipinski definition) is 1. The third kappa shape index (κ3) is 3.06. The first-order chi connectivity index (χ1) is 8.46. The van der Waals surface area contributed by atoms with E-state index in [0.717, 1.165) is 16.5 Å². The maximum atomic E-state index is 11.9. The van der Waals surface area contributed by atoms with Crippen molar-refractivity contribution in [2.45, 2.75) is 27.2 Å². The SMILES string of the molecule is CC(C)(C)CC(=O)Nc1cccc2cnccc12. The number of anilines is 1. The van der Waals surface area contributed by atoms with Crippen molar-refractivity contribution in [3.8, 4) is 0 Å². The number of fused-ring (bicyclic) bond motifs is 1. The van der Waals surface area contributed by atoms with Crippen LogP contribution < -0.4 is 5.32 Å². The van der Waals surface area contributed by atoms with Crippen molar-refractivity contribution < 1.29 is 4.79 Å². The summed E-state index contributed by atoms with van der Waals surface area (Å²) < 4.78 is 0. The summed E-state index contributed by atoms with van der Waals surface area (Å²) in [5, 5.41) is 5.03. The van der Waals surface area contributed by atoms with Gasteiger partial charge in [-0.25, -0.2) is 0 Å². The van der Waals surface area contributed by atoms with Crippen LogP contribution in [0.5, 0.6) is 0 Å². The minimum atomic E-state index is -0.00375. The Morgan fingerprint density at radius 2 is 2.06 bits per heavy atom. The fraction of sp³-hybridized carbons (Fsp3) is 0.333. The summed E-state index contributed by atoms with van der Waals surface area (Å²) in [5.74, 6) is 0.0480. The lowest BCUT2D eigenvalue weighted by Crippen LogP contribution is -2.19. The topological polar surface area (TPSA) is 42.0 Å². The normalized spacial score (nSPS) is 11.5. The van der Waals surface area contributed by atoms with Crippen LogP contribution in [0.1, 0.15) is 27.2 Å². The molecule has 2 aromatic rings. The summed E-state index contributed by atoms with van der Waals surface area (Å²) in [6.45, 7) is 6.17. The first-order valence-electron chi connectivity index (χ1n) is 6.08. The van der Waals surface area contributed by atoms with Crippen molar-refractivity contribution in [1.29, 1.82) is 0 Å². The molecule has 0 spiro atoms. The highest BCUT2D eigenvalue weighted by atomic mass is 16.1. The Balaban J connectivity index is 2.24. The molecule has 1 aromatic carbocycles. The highest BCUT2D eigenvalue weighted by Gasteiger charge is 2.16. The molecule has 0 aliphatic rings. The number of carbonyl (C=O) groups is 1. The third-order valence-electron chi connectivity index (χ3n) is 2.65. The summed E-state index contributed by atoms with van der Waals surface area (Å²) in [6, 6.07) is 7.75. The Hall–Kier alpha value is -1.90. The lowest BCUT2D eigenvalue weighted by molar-refractivity contribution is -0.117. The molecule has 1 N–H and O–H groups in total. The van der Waals surface area contributed by atoms with E-state index < -0.39 is 0 Å². The zero-order chi connectivity index (χ0) is 13.2. The number of amides is 1. The van der Waals surface area contributed by atoms with Crippen LogP contribution in [0.3, 0.4) is 0 Å². The molecule has 3 heteroatoms. The van der Waals surface area contributed by atoms with Gasteiger partial charge in [0.25, 0.3) is 0 Å². The van der Waals surface area contributed by atoms with Crippen LogP contribution in [0.4, 0.5) is 5.69 Å². The standard InChI is InChI=1S/C15H18N2O/c1-15(2,3)9-14(18)17-13-6-4-5-11-10-16-8-7-12(11)13/h4-8,10H,9H2,1-3H3,(H,17,18). The van der Waals surface area contributed by atoms with E-state index in [2.05, 4.69) is 31.1 Å². The molecule has 0 atom stereocenters. The maximum Gasteiger partial charge on any atom is 0.224 e. The molecule has 0 bridgehead atoms. The van der Waals surface area contributed by atoms with Gasteiger partial charge in [0, 0.05) is 35.3 Å². The molecule has 0 aliphatic heterocycles. The second-order valence-electron chi connectivity index (χ2n) is 5.69. The molecule has 1 aromatic heterocycles. The zero-order valence-corrected chi connectivity index (χ0v) is 11.0. The molecule has 0 saturated heterocycles. The van der Waals surface area contributed by atoms with Crippen LogP contribution in [0.2, 0.25) is 0 Å². The fourth-order valence-electron chi connectivity index (χ4n) is 1.91. The molecule has 0 aliphatic carbocycles. The molecular weight excluding hydrogens is 224 g/mol. The summed E-state index contributed by atoms with van der Waals surface area (Å²) in [7, 11) is 0. The number of benzene rings is 1. The van der Waals surface area contributed by atoms with Gasteiger partial charge < -0.3 is 5.32 Å². The Labute approximate surface area is 107 Å². The monoisotopic (exact) mass is 242 g/mol. The molecule has 3 nitrogen and oxygen atoms in total. The Morgan fingerprint density at radius 1 is 1.28 bits per heavy atom. The summed E-state index contributed by atoms with van der Waals surface area (Å²) in [6.07, 6.45) is 4.05. The number of aromatic nitrogens is 1. The molecule has 94 valence electrons. The average Bonchev–Trinajstić information content (AvgIpc) is 2.27. The predicted molar refractivity (Wildman–Crippen MR) is 74.4 cm³/mol. The van der Waals surface area contributed by atoms with Gasteiger partial charge in [-0.15, -0.1) is 0 Å². The van der Waals surface area contributed by atoms with E-state index in [0.29, 0.717) is 6.42 Å². The van der Waals surface area contributed by atoms with Crippen molar-refractivity contribution in [3.05, 3.63) is 36.7 Å². The molecule has 18 heavy (non-hydrogen) atoms. The number of nitrogens with one attached hydrogen (secondary N) is 1. The largest absolute Gasteiger partial charge is 0.325 e. The number of nitrogens with zero attached hydrogens (tertiary/aromatic N) is 1. The number of pyridine rings is 1. The minimum absolute atomic E-state index is 0.00375. The van der Waals surface area contributed by atoms with E-state index in [1.165, 1.54) is 0 Å². The quantitative estimate of drug-likeness (QED) is 0.874. The van der Waals surface area contributed by atoms with Crippen molar-refractivity contribution in [2.75, 3.05) is 5.32 Å². The lowest BCUT2D eigenvalue weighted by atomic mass is 9.92. The molecule has 2 rings (SSSR count). The third-order valence-corrected chi connectivity index (χ3v) is 2.65. The van der Waals surface area contributed by atoms with Crippen molar-refractivity contribution in [1.82, 2.24) is 4.98 Å². The Kier molecular flexibility index (Phi) is 3.32. The van der Waals surface area contributed by atoms with Gasteiger partial charge in [-0.1, -0.05) is 32.9 Å². The van der Waals surface area contributed by atoms with Crippen molar-refractivity contribution >= 4 is 22.4 Å². The molecule has 0 radical (unpaired) electrons. The van der Waals surface area contributed by atoms with E-state index in [-0.39, 0.29) is 11.3 Å². The maximum absolute atomic E-state index is 11.9. The van der Waals surface area contributed by atoms with Crippen LogP contribution in [-0.2, 0) is 4.79 Å². The van der Waals surface area contributed by atoms with Gasteiger partial charge in [0.05, 0.1) is 0 Å². The minimum Gasteiger partial charge on any atom is -0.325 e. The van der Waals surface area contributed by atoms with Crippen LogP contribution in [0, 0.1) is 5.41 Å². The van der Waals surface area contributed by atoms with E-state index in [4.69, 9.17) is 0 Å². The second kappa shape index (κ2) is 4.77. The predicted octanol–water partition coefficient (Wildman–Crippen LogP) is 3.61. The van der Waals surface area contributed by atoms with E-state index >= 15 is 0 Å². The Morgan fingerprint density at radius 3 is 2.78 bits per heavy atom. The van der Waals surface area contributed by atoms with Crippen molar-refractivity contribution in [3.63, 3.8) is 0 Å². The number of rotatable bonds is 2. The fourth-order valence-corrected chi connectivity index (χ4v) is 1.91. The molecular formula is C15H18N2O. The summed E-state index contributed by atoms with van der Waals surface area (Å²) in [4.78, 5) is 16.0. The zero-order valence-electron chi connectivity index (χ0n) is 11.0. The van der Waals surface area contributed by atoms with Gasteiger partial charge in [-0.2, -0.15) is 0 Å². The van der Waals surface area contributed by atoms with E-state index in [1.807, 2.05) is 24.3 Å². The molecule has 1 heterocycles. The number of carbonyl (C=O) groups excluding carboxylic acids is 1. The van der Waals surface area contributed by atoms with Gasteiger partial charge >= 0.3 is 0 Å². The van der Waals surface area contributed by atoms with Crippen LogP contribution in [-0.4, -0.2) is 10.9 Å².